The molecule has 162 valence electrons. The van der Waals surface area contributed by atoms with E-state index in [1.807, 2.05) is 0 Å². The maximum Gasteiger partial charge on any atom is 0.306 e. The average Bonchev–Trinajstić information content (AvgIpc) is 2.73. The van der Waals surface area contributed by atoms with Crippen LogP contribution in [0, 0.1) is 17.5 Å². The number of piperidine rings is 1. The quantitative estimate of drug-likeness (QED) is 0.564. The summed E-state index contributed by atoms with van der Waals surface area (Å²) in [5, 5.41) is 10.3. The smallest absolute Gasteiger partial charge is 0.306 e. The Balaban J connectivity index is 2.05. The second-order valence-corrected chi connectivity index (χ2v) is 7.26. The largest absolute Gasteiger partial charge is 0.502 e. The summed E-state index contributed by atoms with van der Waals surface area (Å²) in [7, 11) is 1.12. The van der Waals surface area contributed by atoms with Crippen molar-refractivity contribution in [3.05, 3.63) is 63.0 Å². The molecule has 2 heterocycles. The van der Waals surface area contributed by atoms with E-state index in [-0.39, 0.29) is 17.1 Å². The van der Waals surface area contributed by atoms with Gasteiger partial charge in [-0.2, -0.15) is 0 Å². The summed E-state index contributed by atoms with van der Waals surface area (Å²) in [5.41, 5.74) is -0.924. The van der Waals surface area contributed by atoms with Crippen LogP contribution in [0.15, 0.2) is 27.4 Å². The van der Waals surface area contributed by atoms with E-state index in [1.54, 1.807) is 0 Å². The number of ether oxygens (including phenoxy) is 1. The van der Waals surface area contributed by atoms with Crippen LogP contribution in [0.4, 0.5) is 13.2 Å². The van der Waals surface area contributed by atoms with Crippen LogP contribution in [-0.2, 0) is 16.1 Å². The molecule has 0 aliphatic carbocycles. The van der Waals surface area contributed by atoms with Crippen LogP contribution in [0.1, 0.15) is 48.7 Å². The van der Waals surface area contributed by atoms with Crippen LogP contribution in [0.5, 0.6) is 5.75 Å². The summed E-state index contributed by atoms with van der Waals surface area (Å²) in [6, 6.07) is 2.54. The van der Waals surface area contributed by atoms with Crippen molar-refractivity contribution in [3.8, 4) is 5.75 Å². The summed E-state index contributed by atoms with van der Waals surface area (Å²) in [6.45, 7) is 1.94. The SMILES string of the molecule is COC(=O)CC(c1cc(F)c(F)c(F)c1)c1oc(CN2CCCCC2)cc(=O)c1O. The molecule has 1 unspecified atom stereocenters. The number of esters is 1. The van der Waals surface area contributed by atoms with Gasteiger partial charge in [-0.25, -0.2) is 13.2 Å². The van der Waals surface area contributed by atoms with Crippen molar-refractivity contribution in [1.82, 2.24) is 4.90 Å². The number of methoxy groups -OCH3 is 1. The first-order chi connectivity index (χ1) is 14.3. The number of aromatic hydroxyl groups is 1. The molecular formula is C21H22F3NO5. The Morgan fingerprint density at radius 3 is 2.40 bits per heavy atom. The van der Waals surface area contributed by atoms with Crippen molar-refractivity contribution in [3.63, 3.8) is 0 Å². The van der Waals surface area contributed by atoms with E-state index in [1.165, 1.54) is 0 Å². The predicted molar refractivity (Wildman–Crippen MR) is 101 cm³/mol. The lowest BCUT2D eigenvalue weighted by Gasteiger charge is -2.26. The van der Waals surface area contributed by atoms with Gasteiger partial charge in [0, 0.05) is 6.07 Å². The summed E-state index contributed by atoms with van der Waals surface area (Å²) >= 11 is 0. The Morgan fingerprint density at radius 1 is 1.17 bits per heavy atom. The molecule has 1 aliphatic heterocycles. The Morgan fingerprint density at radius 2 is 1.80 bits per heavy atom. The van der Waals surface area contributed by atoms with Gasteiger partial charge in [0.15, 0.2) is 23.2 Å². The third kappa shape index (κ3) is 4.84. The number of nitrogens with zero attached hydrogens (tertiary/aromatic N) is 1. The summed E-state index contributed by atoms with van der Waals surface area (Å²) in [4.78, 5) is 26.3. The van der Waals surface area contributed by atoms with E-state index >= 15 is 0 Å². The zero-order chi connectivity index (χ0) is 21.8. The number of likely N-dealkylation sites (tertiary alicyclic amines) is 1. The molecule has 1 aromatic heterocycles. The number of carbonyl (C=O) groups excluding carboxylic acids is 1. The number of hydrogen-bond acceptors (Lipinski definition) is 6. The maximum absolute atomic E-state index is 13.8. The maximum atomic E-state index is 13.8. The number of halogens is 3. The lowest BCUT2D eigenvalue weighted by atomic mass is 9.92. The molecule has 1 fully saturated rings. The van der Waals surface area contributed by atoms with Gasteiger partial charge in [0.1, 0.15) is 5.76 Å². The van der Waals surface area contributed by atoms with Crippen LogP contribution in [-0.4, -0.2) is 36.2 Å². The standard InChI is InChI=1S/C21H22F3NO5/c1-29-18(27)10-14(12-7-15(22)19(24)16(23)8-12)21-20(28)17(26)9-13(30-21)11-25-5-3-2-4-6-25/h7-9,14,28H,2-6,10-11H2,1H3. The van der Waals surface area contributed by atoms with E-state index in [4.69, 9.17) is 4.42 Å². The van der Waals surface area contributed by atoms with Crippen LogP contribution >= 0.6 is 0 Å². The molecule has 2 aromatic rings. The Labute approximate surface area is 170 Å². The highest BCUT2D eigenvalue weighted by Gasteiger charge is 2.29. The van der Waals surface area contributed by atoms with Gasteiger partial charge in [-0.15, -0.1) is 0 Å². The molecular weight excluding hydrogens is 403 g/mol. The first-order valence-electron chi connectivity index (χ1n) is 9.59. The van der Waals surface area contributed by atoms with Crippen molar-refractivity contribution in [2.24, 2.45) is 0 Å². The van der Waals surface area contributed by atoms with Gasteiger partial charge in [0.2, 0.25) is 11.2 Å². The Hall–Kier alpha value is -2.81. The van der Waals surface area contributed by atoms with Gasteiger partial charge in [-0.3, -0.25) is 14.5 Å². The van der Waals surface area contributed by atoms with E-state index in [0.29, 0.717) is 18.7 Å². The predicted octanol–water partition coefficient (Wildman–Crippen LogP) is 3.44. The van der Waals surface area contributed by atoms with Crippen molar-refractivity contribution >= 4 is 5.97 Å². The number of rotatable bonds is 6. The lowest BCUT2D eigenvalue weighted by Crippen LogP contribution is -2.29. The minimum atomic E-state index is -1.67. The zero-order valence-electron chi connectivity index (χ0n) is 16.4. The number of benzene rings is 1. The fourth-order valence-electron chi connectivity index (χ4n) is 3.60. The fraction of sp³-hybridized carbons (Fsp3) is 0.429. The van der Waals surface area contributed by atoms with Crippen molar-refractivity contribution in [2.75, 3.05) is 20.2 Å². The third-order valence-electron chi connectivity index (χ3n) is 5.15. The van der Waals surface area contributed by atoms with Crippen LogP contribution in [0.2, 0.25) is 0 Å². The highest BCUT2D eigenvalue weighted by Crippen LogP contribution is 2.35. The minimum Gasteiger partial charge on any atom is -0.502 e. The highest BCUT2D eigenvalue weighted by atomic mass is 19.2. The van der Waals surface area contributed by atoms with E-state index in [2.05, 4.69) is 9.64 Å². The molecule has 1 saturated heterocycles. The second kappa shape index (κ2) is 9.34. The molecule has 6 nitrogen and oxygen atoms in total. The molecule has 3 rings (SSSR count). The summed E-state index contributed by atoms with van der Waals surface area (Å²) in [5.74, 6) is -7.49. The first-order valence-corrected chi connectivity index (χ1v) is 9.59. The first kappa shape index (κ1) is 21.9. The molecule has 0 radical (unpaired) electrons. The molecule has 0 saturated carbocycles. The molecule has 0 amide bonds. The van der Waals surface area contributed by atoms with Crippen molar-refractivity contribution in [2.45, 2.75) is 38.1 Å². The van der Waals surface area contributed by atoms with Crippen molar-refractivity contribution < 1.29 is 32.2 Å². The molecule has 0 bridgehead atoms. The van der Waals surface area contributed by atoms with E-state index in [0.717, 1.165) is 45.5 Å². The average molecular weight is 425 g/mol. The number of hydrogen-bond donors (Lipinski definition) is 1. The molecule has 1 atom stereocenters. The van der Waals surface area contributed by atoms with E-state index in [9.17, 15) is 27.9 Å². The Bertz CT molecular complexity index is 962. The highest BCUT2D eigenvalue weighted by molar-refractivity contribution is 5.71. The van der Waals surface area contributed by atoms with Gasteiger partial charge in [-0.05, 0) is 43.6 Å². The summed E-state index contributed by atoms with van der Waals surface area (Å²) < 4.78 is 51.4. The fourth-order valence-corrected chi connectivity index (χ4v) is 3.60. The molecule has 9 heteroatoms. The number of carbonyl (C=O) groups is 1. The zero-order valence-corrected chi connectivity index (χ0v) is 16.4. The van der Waals surface area contributed by atoms with Crippen LogP contribution in [0.25, 0.3) is 0 Å². The van der Waals surface area contributed by atoms with Crippen LogP contribution < -0.4 is 5.43 Å². The van der Waals surface area contributed by atoms with Gasteiger partial charge in [0.25, 0.3) is 0 Å². The van der Waals surface area contributed by atoms with E-state index < -0.39 is 46.9 Å². The topological polar surface area (TPSA) is 80.0 Å². The van der Waals surface area contributed by atoms with Gasteiger partial charge in [-0.1, -0.05) is 6.42 Å². The monoisotopic (exact) mass is 425 g/mol. The molecule has 1 aromatic carbocycles. The lowest BCUT2D eigenvalue weighted by molar-refractivity contribution is -0.140. The van der Waals surface area contributed by atoms with Crippen LogP contribution in [0.3, 0.4) is 0 Å². The van der Waals surface area contributed by atoms with Crippen molar-refractivity contribution in [1.29, 1.82) is 0 Å². The minimum absolute atomic E-state index is 0.176. The van der Waals surface area contributed by atoms with Gasteiger partial charge >= 0.3 is 5.97 Å². The summed E-state index contributed by atoms with van der Waals surface area (Å²) in [6.07, 6.45) is 2.65. The third-order valence-corrected chi connectivity index (χ3v) is 5.15. The molecule has 1 N–H and O–H groups in total. The Kier molecular flexibility index (Phi) is 6.81. The second-order valence-electron chi connectivity index (χ2n) is 7.26. The molecule has 30 heavy (non-hydrogen) atoms. The van der Waals surface area contributed by atoms with Gasteiger partial charge in [0.05, 0.1) is 26.0 Å². The normalized spacial score (nSPS) is 15.7. The molecule has 0 spiro atoms. The molecule has 1 aliphatic rings. The van der Waals surface area contributed by atoms with Gasteiger partial charge < -0.3 is 14.3 Å².